The van der Waals surface area contributed by atoms with Crippen LogP contribution in [-0.2, 0) is 4.74 Å². The van der Waals surface area contributed by atoms with E-state index in [1.165, 1.54) is 12.1 Å². The van der Waals surface area contributed by atoms with Crippen LogP contribution in [0.15, 0.2) is 54.6 Å². The standard InChI is InChI=1S/C21H19FN4O3/c1-3-29-20(28)14-7-9-16(10-8-14)24-19(27)18-11-13(2)23-21(26-18)25-17-6-4-5-15(22)12-17/h4-12H,3H2,1-2H3,(H,24,27)(H,23,25,26). The van der Waals surface area contributed by atoms with E-state index in [0.717, 1.165) is 0 Å². The van der Waals surface area contributed by atoms with Gasteiger partial charge in [0.2, 0.25) is 5.95 Å². The van der Waals surface area contributed by atoms with Crippen LogP contribution in [0.3, 0.4) is 0 Å². The lowest BCUT2D eigenvalue weighted by atomic mass is 10.2. The summed E-state index contributed by atoms with van der Waals surface area (Å²) in [5, 5.41) is 5.60. The highest BCUT2D eigenvalue weighted by Crippen LogP contribution is 2.16. The maximum atomic E-state index is 13.3. The van der Waals surface area contributed by atoms with Gasteiger partial charge in [-0.3, -0.25) is 4.79 Å². The van der Waals surface area contributed by atoms with Crippen LogP contribution in [0.25, 0.3) is 0 Å². The Labute approximate surface area is 167 Å². The fraction of sp³-hybridized carbons (Fsp3) is 0.143. The lowest BCUT2D eigenvalue weighted by molar-refractivity contribution is 0.0526. The van der Waals surface area contributed by atoms with Crippen LogP contribution < -0.4 is 10.6 Å². The normalized spacial score (nSPS) is 10.3. The van der Waals surface area contributed by atoms with Crippen molar-refractivity contribution in [2.75, 3.05) is 17.2 Å². The number of carbonyl (C=O) groups excluding carboxylic acids is 2. The summed E-state index contributed by atoms with van der Waals surface area (Å²) in [7, 11) is 0. The molecule has 8 heteroatoms. The zero-order valence-electron chi connectivity index (χ0n) is 15.9. The molecule has 0 saturated carbocycles. The van der Waals surface area contributed by atoms with Crippen LogP contribution in [0.2, 0.25) is 0 Å². The molecule has 0 radical (unpaired) electrons. The first kappa shape index (κ1) is 19.9. The van der Waals surface area contributed by atoms with Gasteiger partial charge in [-0.2, -0.15) is 0 Å². The first-order valence-electron chi connectivity index (χ1n) is 8.91. The van der Waals surface area contributed by atoms with Crippen LogP contribution in [0.4, 0.5) is 21.7 Å². The van der Waals surface area contributed by atoms with Gasteiger partial charge >= 0.3 is 5.97 Å². The molecular formula is C21H19FN4O3. The van der Waals surface area contributed by atoms with E-state index in [-0.39, 0.29) is 18.2 Å². The summed E-state index contributed by atoms with van der Waals surface area (Å²) in [5.74, 6) is -1.09. The maximum absolute atomic E-state index is 13.3. The van der Waals surface area contributed by atoms with Gasteiger partial charge in [-0.25, -0.2) is 19.2 Å². The van der Waals surface area contributed by atoms with Crippen LogP contribution in [-0.4, -0.2) is 28.5 Å². The number of nitrogens with one attached hydrogen (secondary N) is 2. The molecular weight excluding hydrogens is 375 g/mol. The Bertz CT molecular complexity index is 1040. The van der Waals surface area contributed by atoms with Crippen LogP contribution in [0, 0.1) is 12.7 Å². The van der Waals surface area contributed by atoms with E-state index in [2.05, 4.69) is 20.6 Å². The summed E-state index contributed by atoms with van der Waals surface area (Å²) in [4.78, 5) is 32.7. The van der Waals surface area contributed by atoms with Crippen molar-refractivity contribution >= 4 is 29.2 Å². The van der Waals surface area contributed by atoms with Crippen LogP contribution >= 0.6 is 0 Å². The third kappa shape index (κ3) is 5.35. The first-order chi connectivity index (χ1) is 13.9. The Morgan fingerprint density at radius 3 is 2.48 bits per heavy atom. The lowest BCUT2D eigenvalue weighted by Crippen LogP contribution is -2.15. The minimum absolute atomic E-state index is 0.144. The number of hydrogen-bond donors (Lipinski definition) is 2. The summed E-state index contributed by atoms with van der Waals surface area (Å²) in [6.45, 7) is 3.74. The third-order valence-corrected chi connectivity index (χ3v) is 3.82. The molecule has 0 unspecified atom stereocenters. The number of nitrogens with zero attached hydrogens (tertiary/aromatic N) is 2. The molecule has 0 atom stereocenters. The fourth-order valence-electron chi connectivity index (χ4n) is 2.54. The maximum Gasteiger partial charge on any atom is 0.338 e. The monoisotopic (exact) mass is 394 g/mol. The predicted octanol–water partition coefficient (Wildman–Crippen LogP) is 4.10. The Balaban J connectivity index is 1.73. The highest BCUT2D eigenvalue weighted by atomic mass is 19.1. The van der Waals surface area contributed by atoms with Gasteiger partial charge in [-0.05, 0) is 62.4 Å². The number of ether oxygens (including phenoxy) is 1. The molecule has 0 bridgehead atoms. The molecule has 0 saturated heterocycles. The molecule has 1 aromatic heterocycles. The topological polar surface area (TPSA) is 93.2 Å². The van der Waals surface area contributed by atoms with E-state index in [9.17, 15) is 14.0 Å². The van der Waals surface area contributed by atoms with E-state index in [4.69, 9.17) is 4.74 Å². The molecule has 3 aromatic rings. The van der Waals surface area contributed by atoms with Crippen LogP contribution in [0.1, 0.15) is 33.5 Å². The van der Waals surface area contributed by atoms with Crippen molar-refractivity contribution in [1.82, 2.24) is 9.97 Å². The molecule has 148 valence electrons. The molecule has 7 nitrogen and oxygen atoms in total. The highest BCUT2D eigenvalue weighted by Gasteiger charge is 2.12. The van der Waals surface area contributed by atoms with Crippen molar-refractivity contribution in [2.24, 2.45) is 0 Å². The minimum atomic E-state index is -0.443. The van der Waals surface area contributed by atoms with Crippen molar-refractivity contribution in [3.63, 3.8) is 0 Å². The first-order valence-corrected chi connectivity index (χ1v) is 8.91. The molecule has 0 spiro atoms. The van der Waals surface area contributed by atoms with Crippen molar-refractivity contribution in [2.45, 2.75) is 13.8 Å². The molecule has 1 amide bonds. The number of anilines is 3. The molecule has 1 heterocycles. The van der Waals surface area contributed by atoms with E-state index in [1.54, 1.807) is 56.3 Å². The highest BCUT2D eigenvalue weighted by molar-refractivity contribution is 6.03. The minimum Gasteiger partial charge on any atom is -0.462 e. The molecule has 0 aliphatic heterocycles. The largest absolute Gasteiger partial charge is 0.462 e. The molecule has 0 aliphatic rings. The van der Waals surface area contributed by atoms with Gasteiger partial charge in [0.15, 0.2) is 0 Å². The smallest absolute Gasteiger partial charge is 0.338 e. The summed E-state index contributed by atoms with van der Waals surface area (Å²) in [6, 6.07) is 13.7. The van der Waals surface area contributed by atoms with Gasteiger partial charge in [0.05, 0.1) is 12.2 Å². The number of hydrogen-bond acceptors (Lipinski definition) is 6. The van der Waals surface area contributed by atoms with E-state index in [0.29, 0.717) is 22.6 Å². The van der Waals surface area contributed by atoms with Gasteiger partial charge in [0, 0.05) is 17.1 Å². The number of carbonyl (C=O) groups is 2. The summed E-state index contributed by atoms with van der Waals surface area (Å²) in [6.07, 6.45) is 0. The predicted molar refractivity (Wildman–Crippen MR) is 107 cm³/mol. The number of esters is 1. The zero-order chi connectivity index (χ0) is 20.8. The Kier molecular flexibility index (Phi) is 6.13. The number of halogens is 1. The van der Waals surface area contributed by atoms with E-state index in [1.807, 2.05) is 0 Å². The molecule has 0 aliphatic carbocycles. The van der Waals surface area contributed by atoms with Crippen molar-refractivity contribution < 1.29 is 18.7 Å². The third-order valence-electron chi connectivity index (χ3n) is 3.82. The fourth-order valence-corrected chi connectivity index (χ4v) is 2.54. The number of rotatable bonds is 6. The van der Waals surface area contributed by atoms with Crippen LogP contribution in [0.5, 0.6) is 0 Å². The molecule has 2 aromatic carbocycles. The average molecular weight is 394 g/mol. The number of aromatic nitrogens is 2. The van der Waals surface area contributed by atoms with Gasteiger partial charge in [-0.15, -0.1) is 0 Å². The Morgan fingerprint density at radius 1 is 1.03 bits per heavy atom. The van der Waals surface area contributed by atoms with E-state index >= 15 is 0 Å². The van der Waals surface area contributed by atoms with Crippen molar-refractivity contribution in [1.29, 1.82) is 0 Å². The van der Waals surface area contributed by atoms with E-state index < -0.39 is 17.7 Å². The quantitative estimate of drug-likeness (QED) is 0.612. The van der Waals surface area contributed by atoms with Gasteiger partial charge < -0.3 is 15.4 Å². The summed E-state index contributed by atoms with van der Waals surface area (Å²) < 4.78 is 18.3. The SMILES string of the molecule is CCOC(=O)c1ccc(NC(=O)c2cc(C)nc(Nc3cccc(F)c3)n2)cc1. The van der Waals surface area contributed by atoms with Gasteiger partial charge in [-0.1, -0.05) is 6.07 Å². The Morgan fingerprint density at radius 2 is 1.79 bits per heavy atom. The van der Waals surface area contributed by atoms with Crippen molar-refractivity contribution in [3.8, 4) is 0 Å². The summed E-state index contributed by atoms with van der Waals surface area (Å²) in [5.41, 5.74) is 2.08. The zero-order valence-corrected chi connectivity index (χ0v) is 15.9. The van der Waals surface area contributed by atoms with Gasteiger partial charge in [0.1, 0.15) is 11.5 Å². The Hall–Kier alpha value is -3.81. The second kappa shape index (κ2) is 8.92. The summed E-state index contributed by atoms with van der Waals surface area (Å²) >= 11 is 0. The second-order valence-electron chi connectivity index (χ2n) is 6.11. The molecule has 2 N–H and O–H groups in total. The molecule has 29 heavy (non-hydrogen) atoms. The lowest BCUT2D eigenvalue weighted by Gasteiger charge is -2.09. The number of amides is 1. The van der Waals surface area contributed by atoms with Gasteiger partial charge in [0.25, 0.3) is 5.91 Å². The van der Waals surface area contributed by atoms with Crippen molar-refractivity contribution in [3.05, 3.63) is 77.4 Å². The second-order valence-corrected chi connectivity index (χ2v) is 6.11. The number of aryl methyl sites for hydroxylation is 1. The number of benzene rings is 2. The average Bonchev–Trinajstić information content (AvgIpc) is 2.68. The molecule has 0 fully saturated rings. The molecule has 3 rings (SSSR count).